The van der Waals surface area contributed by atoms with Gasteiger partial charge < -0.3 is 9.80 Å². The average Bonchev–Trinajstić information content (AvgIpc) is 2.77. The molecule has 0 spiro atoms. The Labute approximate surface area is 174 Å². The SMILES string of the molecule is CS/C(=N/S(=O)(=O)c1ccccc1)N1CCN(c2c(C#N)cccc2C#N)CC1. The fourth-order valence-electron chi connectivity index (χ4n) is 3.16. The van der Waals surface area contributed by atoms with Gasteiger partial charge in [0.05, 0.1) is 21.7 Å². The second-order valence-electron chi connectivity index (χ2n) is 6.27. The Kier molecular flexibility index (Phi) is 6.42. The molecule has 0 saturated carbocycles. The van der Waals surface area contributed by atoms with Gasteiger partial charge in [0.15, 0.2) is 5.17 Å². The van der Waals surface area contributed by atoms with Crippen molar-refractivity contribution in [2.45, 2.75) is 4.90 Å². The first-order chi connectivity index (χ1) is 14.0. The Hall–Kier alpha value is -3.01. The van der Waals surface area contributed by atoms with Crippen molar-refractivity contribution in [1.29, 1.82) is 10.5 Å². The minimum atomic E-state index is -3.78. The highest BCUT2D eigenvalue weighted by molar-refractivity contribution is 8.13. The van der Waals surface area contributed by atoms with Crippen LogP contribution < -0.4 is 4.90 Å². The van der Waals surface area contributed by atoms with Crippen LogP contribution in [0.2, 0.25) is 0 Å². The van der Waals surface area contributed by atoms with Crippen molar-refractivity contribution in [3.05, 3.63) is 59.7 Å². The summed E-state index contributed by atoms with van der Waals surface area (Å²) in [6, 6.07) is 17.5. The summed E-state index contributed by atoms with van der Waals surface area (Å²) in [5.41, 5.74) is 1.56. The molecule has 0 N–H and O–H groups in total. The summed E-state index contributed by atoms with van der Waals surface area (Å²) in [5, 5.41) is 19.2. The second kappa shape index (κ2) is 8.99. The Bertz CT molecular complexity index is 1060. The molecule has 2 aromatic carbocycles. The summed E-state index contributed by atoms with van der Waals surface area (Å²) in [6.07, 6.45) is 1.80. The number of sulfonamides is 1. The highest BCUT2D eigenvalue weighted by atomic mass is 32.2. The molecule has 1 fully saturated rings. The first-order valence-corrected chi connectivity index (χ1v) is 11.5. The number of hydrogen-bond acceptors (Lipinski definition) is 6. The van der Waals surface area contributed by atoms with Crippen LogP contribution in [0.1, 0.15) is 11.1 Å². The summed E-state index contributed by atoms with van der Waals surface area (Å²) in [7, 11) is -3.78. The third-order valence-electron chi connectivity index (χ3n) is 4.57. The lowest BCUT2D eigenvalue weighted by Crippen LogP contribution is -2.48. The van der Waals surface area contributed by atoms with Crippen molar-refractivity contribution in [3.8, 4) is 12.1 Å². The number of benzene rings is 2. The van der Waals surface area contributed by atoms with Crippen LogP contribution in [0.4, 0.5) is 5.69 Å². The number of thioether (sulfide) groups is 1. The number of nitriles is 2. The van der Waals surface area contributed by atoms with E-state index in [1.165, 1.54) is 23.9 Å². The molecule has 0 atom stereocenters. The molecule has 1 aliphatic rings. The topological polar surface area (TPSA) is 101 Å². The van der Waals surface area contributed by atoms with E-state index in [0.29, 0.717) is 48.2 Å². The molecule has 9 heteroatoms. The van der Waals surface area contributed by atoms with E-state index in [0.717, 1.165) is 0 Å². The molecular formula is C20H19N5O2S2. The predicted octanol–water partition coefficient (Wildman–Crippen LogP) is 2.66. The van der Waals surface area contributed by atoms with Crippen molar-refractivity contribution in [1.82, 2.24) is 4.90 Å². The highest BCUT2D eigenvalue weighted by Gasteiger charge is 2.25. The number of piperazine rings is 1. The molecule has 0 amide bonds. The monoisotopic (exact) mass is 425 g/mol. The first-order valence-electron chi connectivity index (χ1n) is 8.87. The summed E-state index contributed by atoms with van der Waals surface area (Å²) < 4.78 is 29.2. The van der Waals surface area contributed by atoms with E-state index in [2.05, 4.69) is 16.5 Å². The molecule has 0 unspecified atom stereocenters. The summed E-state index contributed by atoms with van der Waals surface area (Å²) >= 11 is 1.28. The van der Waals surface area contributed by atoms with Gasteiger partial charge in [-0.2, -0.15) is 18.9 Å². The lowest BCUT2D eigenvalue weighted by atomic mass is 10.1. The third-order valence-corrected chi connectivity index (χ3v) is 6.68. The maximum absolute atomic E-state index is 12.6. The summed E-state index contributed by atoms with van der Waals surface area (Å²) in [4.78, 5) is 4.08. The zero-order valence-corrected chi connectivity index (χ0v) is 17.4. The number of anilines is 1. The van der Waals surface area contributed by atoms with E-state index in [4.69, 9.17) is 0 Å². The van der Waals surface area contributed by atoms with Crippen molar-refractivity contribution in [2.75, 3.05) is 37.3 Å². The Morgan fingerprint density at radius 1 is 0.966 bits per heavy atom. The lowest BCUT2D eigenvalue weighted by molar-refractivity contribution is 0.392. The fourth-order valence-corrected chi connectivity index (χ4v) is 5.12. The van der Waals surface area contributed by atoms with Crippen LogP contribution in [0.5, 0.6) is 0 Å². The normalized spacial score (nSPS) is 14.9. The number of nitrogens with zero attached hydrogens (tertiary/aromatic N) is 5. The van der Waals surface area contributed by atoms with Gasteiger partial charge in [-0.3, -0.25) is 0 Å². The van der Waals surface area contributed by atoms with E-state index in [1.54, 1.807) is 42.7 Å². The molecule has 0 aliphatic carbocycles. The number of amidine groups is 1. The fraction of sp³-hybridized carbons (Fsp3) is 0.250. The van der Waals surface area contributed by atoms with E-state index in [9.17, 15) is 18.9 Å². The zero-order chi connectivity index (χ0) is 20.9. The molecule has 1 aliphatic heterocycles. The van der Waals surface area contributed by atoms with Crippen LogP contribution in [0.25, 0.3) is 0 Å². The van der Waals surface area contributed by atoms with Crippen LogP contribution in [-0.4, -0.2) is 50.9 Å². The van der Waals surface area contributed by atoms with Crippen LogP contribution >= 0.6 is 11.8 Å². The molecule has 7 nitrogen and oxygen atoms in total. The van der Waals surface area contributed by atoms with Gasteiger partial charge in [0.25, 0.3) is 10.0 Å². The van der Waals surface area contributed by atoms with E-state index in [-0.39, 0.29) is 4.90 Å². The van der Waals surface area contributed by atoms with Crippen LogP contribution in [0, 0.1) is 22.7 Å². The minimum absolute atomic E-state index is 0.159. The zero-order valence-electron chi connectivity index (χ0n) is 15.8. The van der Waals surface area contributed by atoms with Crippen LogP contribution in [0.3, 0.4) is 0 Å². The third kappa shape index (κ3) is 4.53. The van der Waals surface area contributed by atoms with E-state index < -0.39 is 10.0 Å². The molecule has 29 heavy (non-hydrogen) atoms. The minimum Gasteiger partial charge on any atom is -0.366 e. The number of para-hydroxylation sites is 1. The van der Waals surface area contributed by atoms with Crippen LogP contribution in [-0.2, 0) is 10.0 Å². The van der Waals surface area contributed by atoms with Crippen molar-refractivity contribution >= 4 is 32.6 Å². The maximum Gasteiger partial charge on any atom is 0.284 e. The maximum atomic E-state index is 12.6. The molecule has 0 aromatic heterocycles. The van der Waals surface area contributed by atoms with E-state index >= 15 is 0 Å². The summed E-state index contributed by atoms with van der Waals surface area (Å²) in [6.45, 7) is 2.18. The van der Waals surface area contributed by atoms with Gasteiger partial charge in [0.2, 0.25) is 0 Å². The van der Waals surface area contributed by atoms with Crippen molar-refractivity contribution in [3.63, 3.8) is 0 Å². The molecule has 1 saturated heterocycles. The van der Waals surface area contributed by atoms with Gasteiger partial charge in [0.1, 0.15) is 12.1 Å². The smallest absolute Gasteiger partial charge is 0.284 e. The number of hydrogen-bond donors (Lipinski definition) is 0. The van der Waals surface area contributed by atoms with Crippen molar-refractivity contribution in [2.24, 2.45) is 4.40 Å². The van der Waals surface area contributed by atoms with Gasteiger partial charge >= 0.3 is 0 Å². The highest BCUT2D eigenvalue weighted by Crippen LogP contribution is 2.26. The Morgan fingerprint density at radius 2 is 1.55 bits per heavy atom. The van der Waals surface area contributed by atoms with E-state index in [1.807, 2.05) is 9.80 Å². The van der Waals surface area contributed by atoms with Gasteiger partial charge in [-0.15, -0.1) is 4.40 Å². The standard InChI is InChI=1S/C20H19N5O2S2/c1-28-20(23-29(26,27)18-8-3-2-4-9-18)25-12-10-24(11-13-25)19-16(14-21)6-5-7-17(19)15-22/h2-9H,10-13H2,1H3/b23-20+. The quantitative estimate of drug-likeness (QED) is 0.550. The predicted molar refractivity (Wildman–Crippen MR) is 114 cm³/mol. The van der Waals surface area contributed by atoms with Crippen molar-refractivity contribution < 1.29 is 8.42 Å². The molecule has 3 rings (SSSR count). The molecule has 0 radical (unpaired) electrons. The van der Waals surface area contributed by atoms with Gasteiger partial charge in [-0.05, 0) is 30.5 Å². The van der Waals surface area contributed by atoms with Gasteiger partial charge in [-0.1, -0.05) is 36.0 Å². The Morgan fingerprint density at radius 3 is 2.07 bits per heavy atom. The van der Waals surface area contributed by atoms with Gasteiger partial charge in [0, 0.05) is 26.2 Å². The second-order valence-corrected chi connectivity index (χ2v) is 8.64. The van der Waals surface area contributed by atoms with Gasteiger partial charge in [-0.25, -0.2) is 0 Å². The first kappa shape index (κ1) is 20.7. The molecule has 1 heterocycles. The summed E-state index contributed by atoms with van der Waals surface area (Å²) in [5.74, 6) is 0. The lowest BCUT2D eigenvalue weighted by Gasteiger charge is -2.37. The molecular weight excluding hydrogens is 406 g/mol. The largest absolute Gasteiger partial charge is 0.366 e. The molecule has 148 valence electrons. The average molecular weight is 426 g/mol. The Balaban J connectivity index is 1.80. The number of rotatable bonds is 3. The molecule has 2 aromatic rings. The molecule has 0 bridgehead atoms. The van der Waals surface area contributed by atoms with Crippen LogP contribution in [0.15, 0.2) is 57.8 Å².